The van der Waals surface area contributed by atoms with Crippen LogP contribution >= 0.6 is 11.3 Å². The Bertz CT molecular complexity index is 637. The molecular weight excluding hydrogens is 305 g/mol. The number of nitrogens with zero attached hydrogens (tertiary/aromatic N) is 3. The van der Waals surface area contributed by atoms with E-state index in [1.807, 2.05) is 0 Å². The van der Waals surface area contributed by atoms with Gasteiger partial charge in [-0.15, -0.1) is 11.3 Å². The topological polar surface area (TPSA) is 61.9 Å². The molecule has 3 rings (SSSR count). The standard InChI is InChI=1S/C12H11F3N4OS/c13-12(14,15)7-1-4-19(5-7)11(20)8-6-21-10(18-8)9-16-2-3-17-9/h2-3,6-7H,1,4-5H2,(H,16,17). The molecule has 112 valence electrons. The van der Waals surface area contributed by atoms with Gasteiger partial charge in [-0.3, -0.25) is 4.79 Å². The van der Waals surface area contributed by atoms with Crippen molar-refractivity contribution in [3.05, 3.63) is 23.5 Å². The molecule has 21 heavy (non-hydrogen) atoms. The molecule has 9 heteroatoms. The Morgan fingerprint density at radius 2 is 2.29 bits per heavy atom. The summed E-state index contributed by atoms with van der Waals surface area (Å²) < 4.78 is 37.9. The van der Waals surface area contributed by atoms with Crippen LogP contribution in [0.1, 0.15) is 16.9 Å². The van der Waals surface area contributed by atoms with Crippen LogP contribution in [0.2, 0.25) is 0 Å². The maximum absolute atomic E-state index is 12.6. The molecule has 0 aromatic carbocycles. The van der Waals surface area contributed by atoms with Crippen molar-refractivity contribution in [2.75, 3.05) is 13.1 Å². The molecule has 0 spiro atoms. The zero-order chi connectivity index (χ0) is 15.0. The van der Waals surface area contributed by atoms with Crippen molar-refractivity contribution in [1.29, 1.82) is 0 Å². The number of carbonyl (C=O) groups excluding carboxylic acids is 1. The number of alkyl halides is 3. The van der Waals surface area contributed by atoms with Crippen molar-refractivity contribution in [3.63, 3.8) is 0 Å². The predicted octanol–water partition coefficient (Wildman–Crippen LogP) is 2.56. The molecule has 0 aliphatic carbocycles. The first-order chi connectivity index (χ1) is 9.95. The Kier molecular flexibility index (Phi) is 3.44. The Hall–Kier alpha value is -1.90. The van der Waals surface area contributed by atoms with Crippen molar-refractivity contribution in [2.45, 2.75) is 12.6 Å². The van der Waals surface area contributed by atoms with Crippen molar-refractivity contribution < 1.29 is 18.0 Å². The Balaban J connectivity index is 1.72. The maximum atomic E-state index is 12.6. The lowest BCUT2D eigenvalue weighted by Gasteiger charge is -2.16. The van der Waals surface area contributed by atoms with E-state index in [0.717, 1.165) is 0 Å². The van der Waals surface area contributed by atoms with Gasteiger partial charge in [-0.05, 0) is 6.42 Å². The van der Waals surface area contributed by atoms with Gasteiger partial charge in [0.05, 0.1) is 5.92 Å². The van der Waals surface area contributed by atoms with Gasteiger partial charge in [-0.25, -0.2) is 9.97 Å². The number of imidazole rings is 1. The van der Waals surface area contributed by atoms with Crippen LogP contribution < -0.4 is 0 Å². The van der Waals surface area contributed by atoms with Gasteiger partial charge in [0.2, 0.25) is 0 Å². The van der Waals surface area contributed by atoms with Crippen molar-refractivity contribution in [3.8, 4) is 10.8 Å². The highest BCUT2D eigenvalue weighted by Crippen LogP contribution is 2.34. The van der Waals surface area contributed by atoms with Crippen LogP contribution in [0.15, 0.2) is 17.8 Å². The third-order valence-electron chi connectivity index (χ3n) is 3.36. The van der Waals surface area contributed by atoms with E-state index in [9.17, 15) is 18.0 Å². The number of amides is 1. The number of aromatic nitrogens is 3. The van der Waals surface area contributed by atoms with Crippen LogP contribution in [0.25, 0.3) is 10.8 Å². The number of carbonyl (C=O) groups is 1. The van der Waals surface area contributed by atoms with Gasteiger partial charge in [-0.1, -0.05) is 0 Å². The van der Waals surface area contributed by atoms with Gasteiger partial charge in [-0.2, -0.15) is 13.2 Å². The van der Waals surface area contributed by atoms with Gasteiger partial charge in [0.25, 0.3) is 5.91 Å². The van der Waals surface area contributed by atoms with E-state index < -0.39 is 18.0 Å². The molecule has 1 aliphatic rings. The number of nitrogens with one attached hydrogen (secondary N) is 1. The Labute approximate surface area is 121 Å². The zero-order valence-corrected chi connectivity index (χ0v) is 11.5. The fourth-order valence-electron chi connectivity index (χ4n) is 2.24. The average Bonchev–Trinajstić information content (AvgIpc) is 3.17. The quantitative estimate of drug-likeness (QED) is 0.926. The van der Waals surface area contributed by atoms with Crippen LogP contribution in [0.4, 0.5) is 13.2 Å². The lowest BCUT2D eigenvalue weighted by molar-refractivity contribution is -0.169. The molecule has 0 radical (unpaired) electrons. The molecule has 1 atom stereocenters. The van der Waals surface area contributed by atoms with Gasteiger partial charge in [0.1, 0.15) is 5.69 Å². The van der Waals surface area contributed by atoms with Crippen LogP contribution in [-0.4, -0.2) is 45.0 Å². The van der Waals surface area contributed by atoms with Gasteiger partial charge < -0.3 is 9.88 Å². The van der Waals surface area contributed by atoms with E-state index in [1.165, 1.54) is 16.2 Å². The van der Waals surface area contributed by atoms with Crippen molar-refractivity contribution in [2.24, 2.45) is 5.92 Å². The monoisotopic (exact) mass is 316 g/mol. The second kappa shape index (κ2) is 5.14. The van der Waals surface area contributed by atoms with Crippen LogP contribution in [0.5, 0.6) is 0 Å². The van der Waals surface area contributed by atoms with E-state index in [0.29, 0.717) is 10.8 Å². The van der Waals surface area contributed by atoms with Gasteiger partial charge >= 0.3 is 6.18 Å². The first-order valence-electron chi connectivity index (χ1n) is 6.26. The number of halogens is 3. The van der Waals surface area contributed by atoms with Gasteiger partial charge in [0, 0.05) is 30.9 Å². The summed E-state index contributed by atoms with van der Waals surface area (Å²) in [6.45, 7) is -0.188. The molecule has 5 nitrogen and oxygen atoms in total. The molecule has 1 unspecified atom stereocenters. The summed E-state index contributed by atoms with van der Waals surface area (Å²) in [4.78, 5) is 24.4. The minimum Gasteiger partial charge on any atom is -0.343 e. The number of thiazole rings is 1. The zero-order valence-electron chi connectivity index (χ0n) is 10.7. The summed E-state index contributed by atoms with van der Waals surface area (Å²) >= 11 is 1.23. The summed E-state index contributed by atoms with van der Waals surface area (Å²) in [5, 5.41) is 2.08. The first kappa shape index (κ1) is 14.1. The third-order valence-corrected chi connectivity index (χ3v) is 4.21. The highest BCUT2D eigenvalue weighted by atomic mass is 32.1. The summed E-state index contributed by atoms with van der Waals surface area (Å²) in [5.74, 6) is -1.37. The normalized spacial score (nSPS) is 19.2. The molecule has 1 saturated heterocycles. The molecule has 0 bridgehead atoms. The molecule has 2 aromatic rings. The molecular formula is C12H11F3N4OS. The second-order valence-corrected chi connectivity index (χ2v) is 5.61. The molecule has 1 N–H and O–H groups in total. The number of hydrogen-bond acceptors (Lipinski definition) is 4. The second-order valence-electron chi connectivity index (χ2n) is 4.75. The smallest absolute Gasteiger partial charge is 0.343 e. The minimum absolute atomic E-state index is 0.0512. The SMILES string of the molecule is O=C(c1csc(-c2ncc[nH]2)n1)N1CCC(C(F)(F)F)C1. The molecule has 3 heterocycles. The highest BCUT2D eigenvalue weighted by molar-refractivity contribution is 7.13. The number of likely N-dealkylation sites (tertiary alicyclic amines) is 1. The predicted molar refractivity (Wildman–Crippen MR) is 69.8 cm³/mol. The summed E-state index contributed by atoms with van der Waals surface area (Å²) in [6.07, 6.45) is -1.11. The van der Waals surface area contributed by atoms with E-state index in [2.05, 4.69) is 15.0 Å². The van der Waals surface area contributed by atoms with E-state index in [4.69, 9.17) is 0 Å². The lowest BCUT2D eigenvalue weighted by Crippen LogP contribution is -2.32. The fourth-order valence-corrected chi connectivity index (χ4v) is 2.99. The van der Waals surface area contributed by atoms with E-state index in [1.54, 1.807) is 17.8 Å². The van der Waals surface area contributed by atoms with E-state index in [-0.39, 0.29) is 25.2 Å². The summed E-state index contributed by atoms with van der Waals surface area (Å²) in [6, 6.07) is 0. The largest absolute Gasteiger partial charge is 0.393 e. The summed E-state index contributed by atoms with van der Waals surface area (Å²) in [5.41, 5.74) is 0.161. The van der Waals surface area contributed by atoms with Crippen molar-refractivity contribution in [1.82, 2.24) is 19.9 Å². The Morgan fingerprint density at radius 3 is 2.90 bits per heavy atom. The minimum atomic E-state index is -4.25. The molecule has 2 aromatic heterocycles. The number of rotatable bonds is 2. The summed E-state index contributed by atoms with van der Waals surface area (Å²) in [7, 11) is 0. The average molecular weight is 316 g/mol. The number of H-pyrrole nitrogens is 1. The lowest BCUT2D eigenvalue weighted by atomic mass is 10.1. The maximum Gasteiger partial charge on any atom is 0.393 e. The number of hydrogen-bond donors (Lipinski definition) is 1. The van der Waals surface area contributed by atoms with Crippen LogP contribution in [0, 0.1) is 5.92 Å². The molecule has 1 fully saturated rings. The van der Waals surface area contributed by atoms with E-state index >= 15 is 0 Å². The van der Waals surface area contributed by atoms with Crippen molar-refractivity contribution >= 4 is 17.2 Å². The van der Waals surface area contributed by atoms with Crippen LogP contribution in [-0.2, 0) is 0 Å². The fraction of sp³-hybridized carbons (Fsp3) is 0.417. The third kappa shape index (κ3) is 2.78. The molecule has 0 saturated carbocycles. The van der Waals surface area contributed by atoms with Crippen LogP contribution in [0.3, 0.4) is 0 Å². The highest BCUT2D eigenvalue weighted by Gasteiger charge is 2.44. The molecule has 1 amide bonds. The first-order valence-corrected chi connectivity index (χ1v) is 7.14. The van der Waals surface area contributed by atoms with Gasteiger partial charge in [0.15, 0.2) is 10.8 Å². The number of aromatic amines is 1. The molecule has 1 aliphatic heterocycles. The Morgan fingerprint density at radius 1 is 1.48 bits per heavy atom.